The average molecular weight is 402 g/mol. The van der Waals surface area contributed by atoms with Gasteiger partial charge in [0.25, 0.3) is 0 Å². The molecule has 1 aliphatic rings. The summed E-state index contributed by atoms with van der Waals surface area (Å²) in [5.74, 6) is -10.4. The first-order valence-electron chi connectivity index (χ1n) is 8.51. The first kappa shape index (κ1) is 20.4. The second-order valence-corrected chi connectivity index (χ2v) is 7.35. The molecule has 2 nitrogen and oxygen atoms in total. The summed E-state index contributed by atoms with van der Waals surface area (Å²) < 4.78 is 88.5. The number of hydrogen-bond acceptors (Lipinski definition) is 2. The molecule has 0 aliphatic heterocycles. The largest absolute Gasteiger partial charge is 0.378 e. The van der Waals surface area contributed by atoms with Gasteiger partial charge in [0.2, 0.25) is 11.3 Å². The van der Waals surface area contributed by atoms with Crippen LogP contribution in [0, 0.1) is 0 Å². The highest BCUT2D eigenvalue weighted by Gasteiger charge is 2.98. The molecular weight excluding hydrogens is 382 g/mol. The van der Waals surface area contributed by atoms with Crippen LogP contribution in [0.5, 0.6) is 0 Å². The maximum Gasteiger partial charge on any atom is 0.355 e. The second-order valence-electron chi connectivity index (χ2n) is 7.35. The van der Waals surface area contributed by atoms with Gasteiger partial charge >= 0.3 is 11.8 Å². The molecule has 2 atom stereocenters. The minimum absolute atomic E-state index is 0.529. The number of anilines is 2. The Morgan fingerprint density at radius 3 is 0.964 bits per heavy atom. The second kappa shape index (κ2) is 6.06. The Bertz CT molecular complexity index is 790. The molecule has 0 spiro atoms. The number of halogens is 6. The molecule has 0 saturated heterocycles. The average Bonchev–Trinajstić information content (AvgIpc) is 2.66. The van der Waals surface area contributed by atoms with Crippen LogP contribution in [-0.4, -0.2) is 40.0 Å². The van der Waals surface area contributed by atoms with E-state index in [1.165, 1.54) is 24.3 Å². The molecule has 0 amide bonds. The molecule has 1 saturated carbocycles. The smallest absolute Gasteiger partial charge is 0.355 e. The fourth-order valence-electron chi connectivity index (χ4n) is 3.54. The van der Waals surface area contributed by atoms with E-state index >= 15 is 8.78 Å². The Balaban J connectivity index is 2.16. The molecule has 1 fully saturated rings. The predicted molar refractivity (Wildman–Crippen MR) is 97.0 cm³/mol. The number of hydrogen-bond donors (Lipinski definition) is 0. The van der Waals surface area contributed by atoms with Crippen molar-refractivity contribution in [1.29, 1.82) is 0 Å². The molecule has 2 aromatic rings. The van der Waals surface area contributed by atoms with E-state index in [4.69, 9.17) is 0 Å². The van der Waals surface area contributed by atoms with Crippen LogP contribution in [0.4, 0.5) is 37.7 Å². The van der Waals surface area contributed by atoms with Gasteiger partial charge in [-0.2, -0.15) is 17.6 Å². The van der Waals surface area contributed by atoms with E-state index in [9.17, 15) is 17.6 Å². The Morgan fingerprint density at radius 1 is 0.500 bits per heavy atom. The topological polar surface area (TPSA) is 6.48 Å². The van der Waals surface area contributed by atoms with E-state index in [1.54, 1.807) is 38.0 Å². The van der Waals surface area contributed by atoms with E-state index in [0.717, 1.165) is 24.3 Å². The van der Waals surface area contributed by atoms with Gasteiger partial charge in [-0.05, 0) is 35.4 Å². The van der Waals surface area contributed by atoms with E-state index in [0.29, 0.717) is 11.4 Å². The monoisotopic (exact) mass is 402 g/mol. The van der Waals surface area contributed by atoms with Crippen molar-refractivity contribution in [3.05, 3.63) is 59.7 Å². The third-order valence-corrected chi connectivity index (χ3v) is 5.30. The SMILES string of the molecule is CN(C)c1ccc([C@@]2(F)C(F)(F)C(F)(F)[C@@]2(F)c2ccc(N(C)C)cc2)cc1. The van der Waals surface area contributed by atoms with Gasteiger partial charge in [0.1, 0.15) is 0 Å². The lowest BCUT2D eigenvalue weighted by molar-refractivity contribution is -0.451. The Kier molecular flexibility index (Phi) is 4.40. The molecule has 1 aliphatic carbocycles. The van der Waals surface area contributed by atoms with Crippen LogP contribution in [0.2, 0.25) is 0 Å². The molecule has 0 heterocycles. The zero-order chi connectivity index (χ0) is 21.1. The highest BCUT2D eigenvalue weighted by Crippen LogP contribution is 2.76. The van der Waals surface area contributed by atoms with Crippen molar-refractivity contribution in [1.82, 2.24) is 0 Å². The number of rotatable bonds is 4. The van der Waals surface area contributed by atoms with Crippen LogP contribution in [-0.2, 0) is 11.3 Å². The zero-order valence-corrected chi connectivity index (χ0v) is 15.8. The minimum atomic E-state index is -5.21. The first-order chi connectivity index (χ1) is 12.8. The first-order valence-corrected chi connectivity index (χ1v) is 8.51. The highest BCUT2D eigenvalue weighted by molar-refractivity contribution is 5.55. The lowest BCUT2D eigenvalue weighted by atomic mass is 9.56. The summed E-state index contributed by atoms with van der Waals surface area (Å²) in [5, 5.41) is 0. The summed E-state index contributed by atoms with van der Waals surface area (Å²) in [5.41, 5.74) is -9.05. The molecule has 28 heavy (non-hydrogen) atoms. The fraction of sp³-hybridized carbons (Fsp3) is 0.400. The quantitative estimate of drug-likeness (QED) is 0.654. The number of benzene rings is 2. The molecule has 3 rings (SSSR count). The summed E-state index contributed by atoms with van der Waals surface area (Å²) in [4.78, 5) is 3.23. The summed E-state index contributed by atoms with van der Waals surface area (Å²) in [6.07, 6.45) is 0. The predicted octanol–water partition coefficient (Wildman–Crippen LogP) is 5.13. The third kappa shape index (κ3) is 2.23. The standard InChI is InChI=1S/C20H20F6N2/c1-27(2)15-9-5-13(6-10-15)17(21)18(22,20(25,26)19(17,23)24)14-7-11-16(12-8-14)28(3)4/h5-12H,1-4H3/t17-,18+. The zero-order valence-electron chi connectivity index (χ0n) is 15.8. The van der Waals surface area contributed by atoms with Crippen molar-refractivity contribution < 1.29 is 26.3 Å². The van der Waals surface area contributed by atoms with Gasteiger partial charge in [-0.3, -0.25) is 0 Å². The van der Waals surface area contributed by atoms with Crippen molar-refractivity contribution in [2.75, 3.05) is 38.0 Å². The van der Waals surface area contributed by atoms with E-state index in [2.05, 4.69) is 0 Å². The Hall–Kier alpha value is -2.38. The highest BCUT2D eigenvalue weighted by atomic mass is 19.3. The maximum atomic E-state index is 15.6. The summed E-state index contributed by atoms with van der Waals surface area (Å²) in [6, 6.07) is 8.78. The molecule has 0 bridgehead atoms. The van der Waals surface area contributed by atoms with Gasteiger partial charge in [-0.15, -0.1) is 0 Å². The van der Waals surface area contributed by atoms with Crippen molar-refractivity contribution in [3.63, 3.8) is 0 Å². The summed E-state index contributed by atoms with van der Waals surface area (Å²) in [6.45, 7) is 0. The van der Waals surface area contributed by atoms with Gasteiger partial charge < -0.3 is 9.80 Å². The van der Waals surface area contributed by atoms with Crippen molar-refractivity contribution in [3.8, 4) is 0 Å². The normalized spacial score (nSPS) is 27.8. The van der Waals surface area contributed by atoms with E-state index in [1.807, 2.05) is 0 Å². The van der Waals surface area contributed by atoms with Crippen LogP contribution >= 0.6 is 0 Å². The van der Waals surface area contributed by atoms with Crippen LogP contribution in [0.1, 0.15) is 11.1 Å². The van der Waals surface area contributed by atoms with Gasteiger partial charge in [0.05, 0.1) is 0 Å². The molecule has 8 heteroatoms. The van der Waals surface area contributed by atoms with Crippen molar-refractivity contribution in [2.45, 2.75) is 23.2 Å². The molecule has 2 aromatic carbocycles. The molecule has 0 radical (unpaired) electrons. The molecular formula is C20H20F6N2. The lowest BCUT2D eigenvalue weighted by Gasteiger charge is -2.58. The van der Waals surface area contributed by atoms with Crippen LogP contribution in [0.15, 0.2) is 48.5 Å². The number of nitrogens with zero attached hydrogens (tertiary/aromatic N) is 2. The molecule has 0 N–H and O–H groups in total. The fourth-order valence-corrected chi connectivity index (χ4v) is 3.54. The third-order valence-electron chi connectivity index (χ3n) is 5.30. The minimum Gasteiger partial charge on any atom is -0.378 e. The Morgan fingerprint density at radius 2 is 0.750 bits per heavy atom. The molecule has 0 aromatic heterocycles. The van der Waals surface area contributed by atoms with Gasteiger partial charge in [0, 0.05) is 39.6 Å². The molecule has 0 unspecified atom stereocenters. The van der Waals surface area contributed by atoms with Crippen LogP contribution in [0.3, 0.4) is 0 Å². The maximum absolute atomic E-state index is 15.6. The van der Waals surface area contributed by atoms with Crippen LogP contribution in [0.25, 0.3) is 0 Å². The van der Waals surface area contributed by atoms with Gasteiger partial charge in [0.15, 0.2) is 0 Å². The Labute approximate surface area is 159 Å². The molecule has 152 valence electrons. The van der Waals surface area contributed by atoms with E-state index < -0.39 is 34.3 Å². The van der Waals surface area contributed by atoms with Crippen molar-refractivity contribution in [2.24, 2.45) is 0 Å². The number of alkyl halides is 6. The lowest BCUT2D eigenvalue weighted by Crippen LogP contribution is -2.82. The van der Waals surface area contributed by atoms with Crippen LogP contribution < -0.4 is 9.80 Å². The van der Waals surface area contributed by atoms with E-state index in [-0.39, 0.29) is 0 Å². The van der Waals surface area contributed by atoms with Gasteiger partial charge in [-0.1, -0.05) is 24.3 Å². The summed E-state index contributed by atoms with van der Waals surface area (Å²) >= 11 is 0. The summed E-state index contributed by atoms with van der Waals surface area (Å²) in [7, 11) is 6.66. The van der Waals surface area contributed by atoms with Crippen molar-refractivity contribution >= 4 is 11.4 Å². The van der Waals surface area contributed by atoms with Gasteiger partial charge in [-0.25, -0.2) is 8.78 Å².